The van der Waals surface area contributed by atoms with E-state index in [4.69, 9.17) is 4.74 Å². The molecule has 3 heterocycles. The van der Waals surface area contributed by atoms with E-state index < -0.39 is 0 Å². The van der Waals surface area contributed by atoms with E-state index in [9.17, 15) is 4.79 Å². The number of hydrogen-bond donors (Lipinski definition) is 2. The Hall–Kier alpha value is -1.82. The van der Waals surface area contributed by atoms with Crippen LogP contribution in [0.4, 0.5) is 16.3 Å². The van der Waals surface area contributed by atoms with Crippen LogP contribution in [0.15, 0.2) is 12.3 Å². The second kappa shape index (κ2) is 6.83. The van der Waals surface area contributed by atoms with Crippen molar-refractivity contribution in [1.29, 1.82) is 0 Å². The lowest BCUT2D eigenvalue weighted by atomic mass is 10.0. The van der Waals surface area contributed by atoms with Gasteiger partial charge in [-0.25, -0.2) is 9.78 Å². The van der Waals surface area contributed by atoms with E-state index >= 15 is 0 Å². The fourth-order valence-corrected chi connectivity index (χ4v) is 4.40. The molecule has 2 N–H and O–H groups in total. The number of amides is 2. The van der Waals surface area contributed by atoms with Gasteiger partial charge in [0.25, 0.3) is 0 Å². The van der Waals surface area contributed by atoms with Crippen LogP contribution in [0, 0.1) is 24.7 Å². The Morgan fingerprint density at radius 1 is 1.36 bits per heavy atom. The first-order chi connectivity index (χ1) is 12.1. The number of fused-ring (bicyclic) bond motifs is 1. The van der Waals surface area contributed by atoms with Gasteiger partial charge >= 0.3 is 6.03 Å². The fourth-order valence-electron chi connectivity index (χ4n) is 4.40. The first-order valence-electron chi connectivity index (χ1n) is 9.49. The zero-order valence-corrected chi connectivity index (χ0v) is 15.1. The van der Waals surface area contributed by atoms with Crippen molar-refractivity contribution in [2.45, 2.75) is 39.2 Å². The van der Waals surface area contributed by atoms with Crippen molar-refractivity contribution in [2.24, 2.45) is 17.8 Å². The van der Waals surface area contributed by atoms with Crippen LogP contribution < -0.4 is 15.5 Å². The molecule has 136 valence electrons. The predicted octanol–water partition coefficient (Wildman–Crippen LogP) is 2.78. The van der Waals surface area contributed by atoms with Crippen molar-refractivity contribution < 1.29 is 9.53 Å². The number of aryl methyl sites for hydroxylation is 1. The quantitative estimate of drug-likeness (QED) is 0.881. The van der Waals surface area contributed by atoms with E-state index in [1.54, 1.807) is 6.20 Å². The average Bonchev–Trinajstić information content (AvgIpc) is 3.01. The van der Waals surface area contributed by atoms with Crippen LogP contribution in [-0.4, -0.2) is 43.4 Å². The van der Waals surface area contributed by atoms with E-state index in [-0.39, 0.29) is 6.03 Å². The van der Waals surface area contributed by atoms with Gasteiger partial charge in [0.1, 0.15) is 5.82 Å². The average molecular weight is 344 g/mol. The molecule has 1 saturated carbocycles. The first-order valence-corrected chi connectivity index (χ1v) is 9.49. The predicted molar refractivity (Wildman–Crippen MR) is 97.9 cm³/mol. The molecule has 25 heavy (non-hydrogen) atoms. The summed E-state index contributed by atoms with van der Waals surface area (Å²) in [5, 5.41) is 5.89. The summed E-state index contributed by atoms with van der Waals surface area (Å²) >= 11 is 0. The molecule has 1 aromatic heterocycles. The summed E-state index contributed by atoms with van der Waals surface area (Å²) in [5.41, 5.74) is 1.86. The van der Waals surface area contributed by atoms with Gasteiger partial charge in [0.2, 0.25) is 0 Å². The largest absolute Gasteiger partial charge is 0.381 e. The summed E-state index contributed by atoms with van der Waals surface area (Å²) in [6.45, 7) is 7.85. The number of carbonyl (C=O) groups is 1. The van der Waals surface area contributed by atoms with Crippen molar-refractivity contribution in [2.75, 3.05) is 36.5 Å². The molecule has 6 nitrogen and oxygen atoms in total. The van der Waals surface area contributed by atoms with Crippen molar-refractivity contribution in [1.82, 2.24) is 10.3 Å². The number of rotatable bonds is 4. The molecular weight excluding hydrogens is 316 g/mol. The van der Waals surface area contributed by atoms with Gasteiger partial charge in [-0.05, 0) is 62.5 Å². The number of hydrogen-bond acceptors (Lipinski definition) is 4. The van der Waals surface area contributed by atoms with E-state index in [1.807, 2.05) is 6.07 Å². The van der Waals surface area contributed by atoms with Gasteiger partial charge in [-0.1, -0.05) is 0 Å². The molecule has 3 unspecified atom stereocenters. The third kappa shape index (κ3) is 3.45. The van der Waals surface area contributed by atoms with Gasteiger partial charge in [-0.2, -0.15) is 0 Å². The van der Waals surface area contributed by atoms with Crippen LogP contribution >= 0.6 is 0 Å². The molecule has 0 spiro atoms. The van der Waals surface area contributed by atoms with Crippen LogP contribution in [0.1, 0.15) is 31.7 Å². The number of pyridine rings is 1. The second-order valence-electron chi connectivity index (χ2n) is 7.77. The SMILES string of the molecule is Cc1cc(NC(=O)NCC2C3COCC23)cnc1N1CCCCC1C. The molecule has 2 aliphatic heterocycles. The third-order valence-corrected chi connectivity index (χ3v) is 6.01. The molecular formula is C19H28N4O2. The van der Waals surface area contributed by atoms with Crippen molar-refractivity contribution in [3.05, 3.63) is 17.8 Å². The number of carbonyl (C=O) groups excluding carboxylic acids is 1. The maximum atomic E-state index is 12.1. The minimum atomic E-state index is -0.147. The lowest BCUT2D eigenvalue weighted by Crippen LogP contribution is -2.38. The summed E-state index contributed by atoms with van der Waals surface area (Å²) < 4.78 is 5.38. The third-order valence-electron chi connectivity index (χ3n) is 6.01. The molecule has 1 aromatic rings. The number of piperidine rings is 1. The van der Waals surface area contributed by atoms with Crippen molar-refractivity contribution >= 4 is 17.5 Å². The number of ether oxygens (including phenoxy) is 1. The summed E-state index contributed by atoms with van der Waals surface area (Å²) in [4.78, 5) is 19.1. The minimum absolute atomic E-state index is 0.147. The molecule has 0 bridgehead atoms. The second-order valence-corrected chi connectivity index (χ2v) is 7.77. The summed E-state index contributed by atoms with van der Waals surface area (Å²) in [6.07, 6.45) is 5.51. The fraction of sp³-hybridized carbons (Fsp3) is 0.684. The molecule has 3 aliphatic rings. The molecule has 3 atom stereocenters. The van der Waals surface area contributed by atoms with Gasteiger partial charge in [0.15, 0.2) is 0 Å². The lowest BCUT2D eigenvalue weighted by Gasteiger charge is -2.35. The Kier molecular flexibility index (Phi) is 4.54. The molecule has 0 aromatic carbocycles. The lowest BCUT2D eigenvalue weighted by molar-refractivity contribution is 0.151. The zero-order chi connectivity index (χ0) is 17.4. The molecule has 3 fully saturated rings. The van der Waals surface area contributed by atoms with Gasteiger partial charge in [-0.3, -0.25) is 0 Å². The highest BCUT2D eigenvalue weighted by molar-refractivity contribution is 5.89. The Morgan fingerprint density at radius 3 is 2.88 bits per heavy atom. The van der Waals surface area contributed by atoms with E-state index in [0.717, 1.165) is 43.4 Å². The van der Waals surface area contributed by atoms with Crippen molar-refractivity contribution in [3.8, 4) is 0 Å². The van der Waals surface area contributed by atoms with Gasteiger partial charge in [-0.15, -0.1) is 0 Å². The van der Waals surface area contributed by atoms with Crippen LogP contribution in [-0.2, 0) is 4.74 Å². The molecule has 0 radical (unpaired) electrons. The maximum Gasteiger partial charge on any atom is 0.319 e. The standard InChI is InChI=1S/C19H28N4O2/c1-12-7-14(8-20-18(12)23-6-4-3-5-13(23)2)22-19(24)21-9-15-16-10-25-11-17(15)16/h7-8,13,15-17H,3-6,9-11H2,1-2H3,(H2,21,22,24). The molecule has 6 heteroatoms. The summed E-state index contributed by atoms with van der Waals surface area (Å²) in [7, 11) is 0. The Morgan fingerprint density at radius 2 is 2.16 bits per heavy atom. The zero-order valence-electron chi connectivity index (χ0n) is 15.1. The number of aromatic nitrogens is 1. The van der Waals surface area contributed by atoms with Gasteiger partial charge in [0, 0.05) is 19.1 Å². The monoisotopic (exact) mass is 344 g/mol. The van der Waals surface area contributed by atoms with Crippen LogP contribution in [0.25, 0.3) is 0 Å². The smallest absolute Gasteiger partial charge is 0.319 e. The first kappa shape index (κ1) is 16.6. The number of nitrogens with one attached hydrogen (secondary N) is 2. The molecule has 4 rings (SSSR count). The summed E-state index contributed by atoms with van der Waals surface area (Å²) in [6, 6.07) is 2.40. The Bertz CT molecular complexity index is 640. The molecule has 2 amide bonds. The van der Waals surface area contributed by atoms with E-state index in [2.05, 4.69) is 34.4 Å². The molecule has 2 saturated heterocycles. The number of nitrogens with zero attached hydrogens (tertiary/aromatic N) is 2. The highest BCUT2D eigenvalue weighted by Crippen LogP contribution is 2.50. The normalized spacial score (nSPS) is 30.7. The highest BCUT2D eigenvalue weighted by Gasteiger charge is 2.53. The van der Waals surface area contributed by atoms with Crippen LogP contribution in [0.5, 0.6) is 0 Å². The topological polar surface area (TPSA) is 66.5 Å². The number of urea groups is 1. The van der Waals surface area contributed by atoms with E-state index in [0.29, 0.717) is 23.8 Å². The van der Waals surface area contributed by atoms with E-state index in [1.165, 1.54) is 19.3 Å². The van der Waals surface area contributed by atoms with Crippen LogP contribution in [0.3, 0.4) is 0 Å². The Balaban J connectivity index is 1.31. The van der Waals surface area contributed by atoms with Crippen molar-refractivity contribution in [3.63, 3.8) is 0 Å². The highest BCUT2D eigenvalue weighted by atomic mass is 16.5. The number of anilines is 2. The summed E-state index contributed by atoms with van der Waals surface area (Å²) in [5.74, 6) is 2.97. The Labute approximate surface area is 149 Å². The maximum absolute atomic E-state index is 12.1. The minimum Gasteiger partial charge on any atom is -0.381 e. The molecule has 1 aliphatic carbocycles. The van der Waals surface area contributed by atoms with Crippen LogP contribution in [0.2, 0.25) is 0 Å². The van der Waals surface area contributed by atoms with Gasteiger partial charge in [0.05, 0.1) is 25.1 Å². The van der Waals surface area contributed by atoms with Gasteiger partial charge < -0.3 is 20.3 Å².